The summed E-state index contributed by atoms with van der Waals surface area (Å²) in [4.78, 5) is 23.3. The Morgan fingerprint density at radius 3 is 2.73 bits per heavy atom. The molecule has 0 saturated heterocycles. The average Bonchev–Trinajstić information content (AvgIpc) is 3.03. The van der Waals surface area contributed by atoms with Gasteiger partial charge in [0, 0.05) is 6.07 Å². The van der Waals surface area contributed by atoms with Crippen molar-refractivity contribution in [3.05, 3.63) is 47.9 Å². The Bertz CT molecular complexity index is 649. The first-order valence-electron chi connectivity index (χ1n) is 6.71. The van der Waals surface area contributed by atoms with E-state index in [0.29, 0.717) is 22.8 Å². The van der Waals surface area contributed by atoms with Gasteiger partial charge in [0.25, 0.3) is 5.91 Å². The highest BCUT2D eigenvalue weighted by atomic mass is 16.5. The molecule has 0 aliphatic rings. The van der Waals surface area contributed by atoms with E-state index in [9.17, 15) is 9.59 Å². The second-order valence-corrected chi connectivity index (χ2v) is 4.56. The van der Waals surface area contributed by atoms with E-state index < -0.39 is 0 Å². The second-order valence-electron chi connectivity index (χ2n) is 4.56. The predicted molar refractivity (Wildman–Crippen MR) is 79.0 cm³/mol. The Morgan fingerprint density at radius 1 is 1.27 bits per heavy atom. The van der Waals surface area contributed by atoms with Crippen molar-refractivity contribution in [2.75, 3.05) is 13.7 Å². The molecule has 0 spiro atoms. The summed E-state index contributed by atoms with van der Waals surface area (Å²) in [5, 5.41) is 2.66. The molecule has 1 N–H and O–H groups in total. The van der Waals surface area contributed by atoms with Gasteiger partial charge in [-0.25, -0.2) is 0 Å². The molecule has 0 atom stereocenters. The molecule has 1 aromatic carbocycles. The van der Waals surface area contributed by atoms with Crippen molar-refractivity contribution in [3.63, 3.8) is 0 Å². The molecule has 6 heteroatoms. The van der Waals surface area contributed by atoms with Gasteiger partial charge in [-0.1, -0.05) is 0 Å². The number of ether oxygens (including phenoxy) is 2. The molecule has 1 amide bonds. The maximum absolute atomic E-state index is 11.8. The van der Waals surface area contributed by atoms with E-state index in [1.54, 1.807) is 30.3 Å². The summed E-state index contributed by atoms with van der Waals surface area (Å²) in [6, 6.07) is 8.36. The number of hydrogen-bond acceptors (Lipinski definition) is 5. The number of methoxy groups -OCH3 is 1. The first-order valence-corrected chi connectivity index (χ1v) is 6.71. The highest BCUT2D eigenvalue weighted by Crippen LogP contribution is 2.25. The van der Waals surface area contributed by atoms with Crippen LogP contribution in [-0.4, -0.2) is 25.4 Å². The van der Waals surface area contributed by atoms with Gasteiger partial charge in [-0.3, -0.25) is 9.59 Å². The van der Waals surface area contributed by atoms with Crippen LogP contribution in [0.25, 0.3) is 0 Å². The quantitative estimate of drug-likeness (QED) is 0.793. The van der Waals surface area contributed by atoms with Crippen molar-refractivity contribution in [3.8, 4) is 11.5 Å². The zero-order chi connectivity index (χ0) is 15.9. The summed E-state index contributed by atoms with van der Waals surface area (Å²) in [5.41, 5.74) is 0.402. The number of furan rings is 1. The lowest BCUT2D eigenvalue weighted by Crippen LogP contribution is -2.28. The summed E-state index contributed by atoms with van der Waals surface area (Å²) in [7, 11) is 1.52. The van der Waals surface area contributed by atoms with Gasteiger partial charge in [0.2, 0.25) is 0 Å². The fourth-order valence-corrected chi connectivity index (χ4v) is 1.83. The van der Waals surface area contributed by atoms with Gasteiger partial charge in [0.05, 0.1) is 25.5 Å². The monoisotopic (exact) mass is 303 g/mol. The van der Waals surface area contributed by atoms with Gasteiger partial charge in [-0.05, 0) is 31.2 Å². The van der Waals surface area contributed by atoms with E-state index in [4.69, 9.17) is 13.9 Å². The van der Waals surface area contributed by atoms with E-state index in [-0.39, 0.29) is 24.8 Å². The molecule has 6 nitrogen and oxygen atoms in total. The van der Waals surface area contributed by atoms with Crippen LogP contribution in [0.15, 0.2) is 41.0 Å². The van der Waals surface area contributed by atoms with E-state index in [0.717, 1.165) is 0 Å². The molecular formula is C16H17NO5. The molecule has 0 saturated carbocycles. The number of hydrogen-bond donors (Lipinski definition) is 1. The molecular weight excluding hydrogens is 286 g/mol. The fourth-order valence-electron chi connectivity index (χ4n) is 1.83. The van der Waals surface area contributed by atoms with Crippen molar-refractivity contribution in [1.29, 1.82) is 0 Å². The van der Waals surface area contributed by atoms with E-state index >= 15 is 0 Å². The molecule has 0 fully saturated rings. The number of carbonyl (C=O) groups excluding carboxylic acids is 2. The number of benzene rings is 1. The standard InChI is InChI=1S/C16H17NO5/c1-11(18)14-6-5-12(20-2)8-15(14)22-10-16(19)17-9-13-4-3-7-21-13/h3-8H,9-10H2,1-2H3,(H,17,19). The van der Waals surface area contributed by atoms with Gasteiger partial charge in [-0.15, -0.1) is 0 Å². The molecule has 1 aromatic heterocycles. The third-order valence-electron chi connectivity index (χ3n) is 2.97. The summed E-state index contributed by atoms with van der Waals surface area (Å²) in [6.07, 6.45) is 1.54. The first kappa shape index (κ1) is 15.6. The van der Waals surface area contributed by atoms with Crippen LogP contribution in [0, 0.1) is 0 Å². The molecule has 22 heavy (non-hydrogen) atoms. The Balaban J connectivity index is 1.94. The van der Waals surface area contributed by atoms with Crippen molar-refractivity contribution >= 4 is 11.7 Å². The number of nitrogens with one attached hydrogen (secondary N) is 1. The summed E-state index contributed by atoms with van der Waals surface area (Å²) in [5.74, 6) is 1.07. The molecule has 1 heterocycles. The van der Waals surface area contributed by atoms with Crippen molar-refractivity contribution in [2.24, 2.45) is 0 Å². The lowest BCUT2D eigenvalue weighted by Gasteiger charge is -2.11. The van der Waals surface area contributed by atoms with Crippen LogP contribution in [0.2, 0.25) is 0 Å². The normalized spacial score (nSPS) is 10.1. The Hall–Kier alpha value is -2.76. The molecule has 2 aromatic rings. The van der Waals surface area contributed by atoms with E-state index in [2.05, 4.69) is 5.32 Å². The molecule has 0 aliphatic carbocycles. The van der Waals surface area contributed by atoms with Crippen LogP contribution < -0.4 is 14.8 Å². The third kappa shape index (κ3) is 4.12. The van der Waals surface area contributed by atoms with Crippen LogP contribution in [0.3, 0.4) is 0 Å². The van der Waals surface area contributed by atoms with Gasteiger partial charge in [0.1, 0.15) is 17.3 Å². The lowest BCUT2D eigenvalue weighted by molar-refractivity contribution is -0.123. The topological polar surface area (TPSA) is 77.8 Å². The summed E-state index contributed by atoms with van der Waals surface area (Å²) < 4.78 is 15.6. The van der Waals surface area contributed by atoms with Gasteiger partial charge in [0.15, 0.2) is 12.4 Å². The number of rotatable bonds is 7. The molecule has 0 aliphatic heterocycles. The Kier molecular flexibility index (Phi) is 5.19. The number of ketones is 1. The van der Waals surface area contributed by atoms with Crippen LogP contribution in [0.4, 0.5) is 0 Å². The van der Waals surface area contributed by atoms with Crippen molar-refractivity contribution in [1.82, 2.24) is 5.32 Å². The van der Waals surface area contributed by atoms with Crippen LogP contribution in [0.5, 0.6) is 11.5 Å². The first-order chi connectivity index (χ1) is 10.6. The highest BCUT2D eigenvalue weighted by Gasteiger charge is 2.12. The third-order valence-corrected chi connectivity index (χ3v) is 2.97. The van der Waals surface area contributed by atoms with E-state index in [1.807, 2.05) is 0 Å². The largest absolute Gasteiger partial charge is 0.497 e. The van der Waals surface area contributed by atoms with Gasteiger partial charge in [-0.2, -0.15) is 0 Å². The van der Waals surface area contributed by atoms with Crippen LogP contribution in [-0.2, 0) is 11.3 Å². The molecule has 2 rings (SSSR count). The van der Waals surface area contributed by atoms with Crippen molar-refractivity contribution < 1.29 is 23.5 Å². The number of Topliss-reactive ketones (excluding diaryl/α,β-unsaturated/α-hetero) is 1. The average molecular weight is 303 g/mol. The summed E-state index contributed by atoms with van der Waals surface area (Å²) >= 11 is 0. The minimum atomic E-state index is -0.311. The minimum absolute atomic E-state index is 0.145. The zero-order valence-corrected chi connectivity index (χ0v) is 12.4. The smallest absolute Gasteiger partial charge is 0.258 e. The fraction of sp³-hybridized carbons (Fsp3) is 0.250. The lowest BCUT2D eigenvalue weighted by atomic mass is 10.1. The van der Waals surface area contributed by atoms with Crippen LogP contribution in [0.1, 0.15) is 23.0 Å². The maximum Gasteiger partial charge on any atom is 0.258 e. The van der Waals surface area contributed by atoms with Crippen molar-refractivity contribution in [2.45, 2.75) is 13.5 Å². The predicted octanol–water partition coefficient (Wildman–Crippen LogP) is 2.19. The number of carbonyl (C=O) groups is 2. The summed E-state index contributed by atoms with van der Waals surface area (Å²) in [6.45, 7) is 1.52. The van der Waals surface area contributed by atoms with E-state index in [1.165, 1.54) is 20.3 Å². The van der Waals surface area contributed by atoms with Gasteiger partial charge < -0.3 is 19.2 Å². The Morgan fingerprint density at radius 2 is 2.09 bits per heavy atom. The molecule has 0 unspecified atom stereocenters. The minimum Gasteiger partial charge on any atom is -0.497 e. The second kappa shape index (κ2) is 7.31. The highest BCUT2D eigenvalue weighted by molar-refractivity contribution is 5.97. The maximum atomic E-state index is 11.8. The molecule has 0 bridgehead atoms. The molecule has 0 radical (unpaired) electrons. The number of amides is 1. The molecule has 116 valence electrons. The van der Waals surface area contributed by atoms with Crippen LogP contribution >= 0.6 is 0 Å². The van der Waals surface area contributed by atoms with Gasteiger partial charge >= 0.3 is 0 Å². The zero-order valence-electron chi connectivity index (χ0n) is 12.4. The SMILES string of the molecule is COc1ccc(C(C)=O)c(OCC(=O)NCc2ccco2)c1. The Labute approximate surface area is 128 Å².